The lowest BCUT2D eigenvalue weighted by atomic mass is 9.87. The first-order valence-electron chi connectivity index (χ1n) is 13.2. The van der Waals surface area contributed by atoms with Crippen molar-refractivity contribution in [1.29, 1.82) is 0 Å². The molecule has 3 aromatic rings. The second kappa shape index (κ2) is 13.5. The minimum atomic E-state index is -3.81. The summed E-state index contributed by atoms with van der Waals surface area (Å²) in [4.78, 5) is 28.9. The first-order chi connectivity index (χ1) is 18.8. The minimum absolute atomic E-state index is 0.109. The van der Waals surface area contributed by atoms with Crippen LogP contribution >= 0.6 is 15.9 Å². The lowest BCUT2D eigenvalue weighted by molar-refractivity contribution is -0.140. The fourth-order valence-corrected chi connectivity index (χ4v) is 5.72. The molecule has 7 nitrogen and oxygen atoms in total. The van der Waals surface area contributed by atoms with E-state index in [1.807, 2.05) is 73.7 Å². The zero-order valence-electron chi connectivity index (χ0n) is 23.7. The van der Waals surface area contributed by atoms with Crippen LogP contribution in [0, 0.1) is 0 Å². The van der Waals surface area contributed by atoms with Gasteiger partial charge < -0.3 is 10.2 Å². The summed E-state index contributed by atoms with van der Waals surface area (Å²) >= 11 is 3.48. The fourth-order valence-electron chi connectivity index (χ4n) is 4.42. The standard InChI is InChI=1S/C31H38BrN3O4S/c1-6-33-30(37)28(20-23-11-8-7-9-12-23)34(21-24-13-10-14-26(32)19-24)29(36)22-35(40(5,38)39)27-17-15-25(16-18-27)31(2,3)4/h7-19,28H,6,20-22H2,1-5H3,(H,33,37)/t28-/m1/s1. The summed E-state index contributed by atoms with van der Waals surface area (Å²) < 4.78 is 27.8. The number of carbonyl (C=O) groups excluding carboxylic acids is 2. The van der Waals surface area contributed by atoms with Crippen LogP contribution in [0.4, 0.5) is 5.69 Å². The quantitative estimate of drug-likeness (QED) is 0.313. The Bertz CT molecular complexity index is 1400. The summed E-state index contributed by atoms with van der Waals surface area (Å²) in [7, 11) is -3.81. The van der Waals surface area contributed by atoms with Crippen molar-refractivity contribution in [2.75, 3.05) is 23.7 Å². The predicted octanol–water partition coefficient (Wildman–Crippen LogP) is 5.29. The maximum Gasteiger partial charge on any atom is 0.244 e. The van der Waals surface area contributed by atoms with Crippen LogP contribution in [-0.4, -0.2) is 50.5 Å². The lowest BCUT2D eigenvalue weighted by Gasteiger charge is -2.33. The summed E-state index contributed by atoms with van der Waals surface area (Å²) in [6.45, 7) is 8.15. The van der Waals surface area contributed by atoms with Crippen LogP contribution in [-0.2, 0) is 38.0 Å². The van der Waals surface area contributed by atoms with Crippen LogP contribution in [0.25, 0.3) is 0 Å². The summed E-state index contributed by atoms with van der Waals surface area (Å²) in [5.74, 6) is -0.771. The zero-order valence-corrected chi connectivity index (χ0v) is 26.1. The van der Waals surface area contributed by atoms with Crippen LogP contribution in [0.3, 0.4) is 0 Å². The van der Waals surface area contributed by atoms with E-state index in [0.717, 1.165) is 31.7 Å². The maximum absolute atomic E-state index is 14.1. The third-order valence-corrected chi connectivity index (χ3v) is 8.20. The van der Waals surface area contributed by atoms with Gasteiger partial charge in [0.05, 0.1) is 11.9 Å². The average Bonchev–Trinajstić information content (AvgIpc) is 2.89. The number of likely N-dealkylation sites (N-methyl/N-ethyl adjacent to an activating group) is 1. The molecule has 0 bridgehead atoms. The number of nitrogens with one attached hydrogen (secondary N) is 1. The third kappa shape index (κ3) is 8.66. The Balaban J connectivity index is 2.03. The molecule has 9 heteroatoms. The highest BCUT2D eigenvalue weighted by atomic mass is 79.9. The van der Waals surface area contributed by atoms with Gasteiger partial charge in [0.2, 0.25) is 21.8 Å². The first kappa shape index (κ1) is 31.4. The third-order valence-electron chi connectivity index (χ3n) is 6.56. The normalized spacial score (nSPS) is 12.4. The van der Waals surface area contributed by atoms with Crippen LogP contribution in [0.15, 0.2) is 83.3 Å². The molecule has 0 fully saturated rings. The van der Waals surface area contributed by atoms with Gasteiger partial charge in [-0.15, -0.1) is 0 Å². The van der Waals surface area contributed by atoms with Gasteiger partial charge in [-0.2, -0.15) is 0 Å². The van der Waals surface area contributed by atoms with Crippen molar-refractivity contribution in [3.63, 3.8) is 0 Å². The summed E-state index contributed by atoms with van der Waals surface area (Å²) in [6, 6.07) is 23.3. The van der Waals surface area contributed by atoms with E-state index in [9.17, 15) is 18.0 Å². The molecule has 0 heterocycles. The molecule has 1 atom stereocenters. The molecular formula is C31H38BrN3O4S. The number of hydrogen-bond acceptors (Lipinski definition) is 4. The molecule has 0 aliphatic carbocycles. The second-order valence-corrected chi connectivity index (χ2v) is 13.6. The van der Waals surface area contributed by atoms with Gasteiger partial charge in [-0.25, -0.2) is 8.42 Å². The van der Waals surface area contributed by atoms with Crippen molar-refractivity contribution in [3.8, 4) is 0 Å². The van der Waals surface area contributed by atoms with Gasteiger partial charge in [-0.1, -0.05) is 91.3 Å². The van der Waals surface area contributed by atoms with Crippen molar-refractivity contribution >= 4 is 43.5 Å². The number of halogens is 1. The van der Waals surface area contributed by atoms with E-state index in [-0.39, 0.29) is 24.3 Å². The van der Waals surface area contributed by atoms with E-state index < -0.39 is 28.5 Å². The second-order valence-electron chi connectivity index (χ2n) is 10.8. The van der Waals surface area contributed by atoms with Crippen LogP contribution in [0.1, 0.15) is 44.4 Å². The van der Waals surface area contributed by atoms with Crippen molar-refractivity contribution in [2.45, 2.75) is 52.1 Å². The van der Waals surface area contributed by atoms with E-state index >= 15 is 0 Å². The molecule has 0 saturated heterocycles. The van der Waals surface area contributed by atoms with E-state index in [1.54, 1.807) is 12.1 Å². The summed E-state index contributed by atoms with van der Waals surface area (Å²) in [5, 5.41) is 2.86. The van der Waals surface area contributed by atoms with Gasteiger partial charge in [0, 0.05) is 24.0 Å². The number of anilines is 1. The number of sulfonamides is 1. The molecule has 0 radical (unpaired) electrons. The smallest absolute Gasteiger partial charge is 0.244 e. The molecule has 214 valence electrons. The number of amides is 2. The average molecular weight is 629 g/mol. The Morgan fingerprint density at radius 2 is 1.55 bits per heavy atom. The van der Waals surface area contributed by atoms with E-state index in [0.29, 0.717) is 12.2 Å². The van der Waals surface area contributed by atoms with Gasteiger partial charge in [0.15, 0.2) is 0 Å². The molecule has 1 N–H and O–H groups in total. The SMILES string of the molecule is CCNC(=O)[C@@H](Cc1ccccc1)N(Cc1cccc(Br)c1)C(=O)CN(c1ccc(C(C)(C)C)cc1)S(C)(=O)=O. The Kier molecular flexibility index (Phi) is 10.6. The van der Waals surface area contributed by atoms with Gasteiger partial charge in [0.1, 0.15) is 12.6 Å². The number of rotatable bonds is 11. The molecule has 0 aromatic heterocycles. The molecular weight excluding hydrogens is 590 g/mol. The largest absolute Gasteiger partial charge is 0.355 e. The molecule has 3 rings (SSSR count). The van der Waals surface area contributed by atoms with Gasteiger partial charge in [-0.3, -0.25) is 13.9 Å². The van der Waals surface area contributed by atoms with Crippen LogP contribution in [0.5, 0.6) is 0 Å². The van der Waals surface area contributed by atoms with Gasteiger partial charge >= 0.3 is 0 Å². The molecule has 3 aromatic carbocycles. The molecule has 40 heavy (non-hydrogen) atoms. The Hall–Kier alpha value is -3.17. The first-order valence-corrected chi connectivity index (χ1v) is 15.9. The highest BCUT2D eigenvalue weighted by molar-refractivity contribution is 9.10. The fraction of sp³-hybridized carbons (Fsp3) is 0.355. The topological polar surface area (TPSA) is 86.8 Å². The number of hydrogen-bond donors (Lipinski definition) is 1. The van der Waals surface area contributed by atoms with Crippen molar-refractivity contribution < 1.29 is 18.0 Å². The highest BCUT2D eigenvalue weighted by Crippen LogP contribution is 2.26. The van der Waals surface area contributed by atoms with Crippen LogP contribution in [0.2, 0.25) is 0 Å². The molecule has 0 spiro atoms. The highest BCUT2D eigenvalue weighted by Gasteiger charge is 2.33. The zero-order chi connectivity index (χ0) is 29.5. The summed E-state index contributed by atoms with van der Waals surface area (Å²) in [5.41, 5.74) is 3.03. The lowest BCUT2D eigenvalue weighted by Crippen LogP contribution is -2.53. The Morgan fingerprint density at radius 1 is 0.925 bits per heavy atom. The predicted molar refractivity (Wildman–Crippen MR) is 165 cm³/mol. The molecule has 0 unspecified atom stereocenters. The molecule has 0 saturated carbocycles. The van der Waals surface area contributed by atoms with Gasteiger partial charge in [0.25, 0.3) is 0 Å². The number of carbonyl (C=O) groups is 2. The van der Waals surface area contributed by atoms with Crippen molar-refractivity contribution in [2.24, 2.45) is 0 Å². The maximum atomic E-state index is 14.1. The Labute approximate surface area is 246 Å². The van der Waals surface area contributed by atoms with E-state index in [1.165, 1.54) is 4.90 Å². The number of nitrogens with zero attached hydrogens (tertiary/aromatic N) is 2. The Morgan fingerprint density at radius 3 is 2.10 bits per heavy atom. The van der Waals surface area contributed by atoms with E-state index in [2.05, 4.69) is 42.0 Å². The monoisotopic (exact) mass is 627 g/mol. The van der Waals surface area contributed by atoms with Crippen molar-refractivity contribution in [1.82, 2.24) is 10.2 Å². The van der Waals surface area contributed by atoms with E-state index in [4.69, 9.17) is 0 Å². The molecule has 2 amide bonds. The molecule has 0 aliphatic rings. The molecule has 0 aliphatic heterocycles. The van der Waals surface area contributed by atoms with Crippen LogP contribution < -0.4 is 9.62 Å². The minimum Gasteiger partial charge on any atom is -0.355 e. The van der Waals surface area contributed by atoms with Crippen molar-refractivity contribution in [3.05, 3.63) is 100 Å². The number of benzene rings is 3. The summed E-state index contributed by atoms with van der Waals surface area (Å²) in [6.07, 6.45) is 1.37. The van der Waals surface area contributed by atoms with Gasteiger partial charge in [-0.05, 0) is 53.3 Å².